The van der Waals surface area contributed by atoms with Crippen LogP contribution in [0.15, 0.2) is 24.3 Å². The number of benzene rings is 1. The summed E-state index contributed by atoms with van der Waals surface area (Å²) in [6.07, 6.45) is 1.56. The fourth-order valence-corrected chi connectivity index (χ4v) is 4.19. The van der Waals surface area contributed by atoms with Gasteiger partial charge in [-0.1, -0.05) is 0 Å². The van der Waals surface area contributed by atoms with Gasteiger partial charge in [-0.2, -0.15) is 0 Å². The van der Waals surface area contributed by atoms with Crippen LogP contribution in [0.5, 0.6) is 5.75 Å². The molecule has 7 nitrogen and oxygen atoms in total. The average Bonchev–Trinajstić information content (AvgIpc) is 3.11. The van der Waals surface area contributed by atoms with E-state index in [1.807, 2.05) is 56.9 Å². The number of ether oxygens (including phenoxy) is 1. The summed E-state index contributed by atoms with van der Waals surface area (Å²) in [5.41, 5.74) is 0.478. The second-order valence-electron chi connectivity index (χ2n) is 9.12. The number of anilines is 1. The summed E-state index contributed by atoms with van der Waals surface area (Å²) in [6.45, 7) is 10.1. The summed E-state index contributed by atoms with van der Waals surface area (Å²) >= 11 is 0. The van der Waals surface area contributed by atoms with Gasteiger partial charge in [-0.15, -0.1) is 0 Å². The van der Waals surface area contributed by atoms with Gasteiger partial charge in [0.05, 0.1) is 12.5 Å². The second-order valence-corrected chi connectivity index (χ2v) is 9.12. The van der Waals surface area contributed by atoms with E-state index in [1.165, 1.54) is 0 Å². The number of hydrogen-bond donors (Lipinski definition) is 1. The molecule has 1 atom stereocenters. The summed E-state index contributed by atoms with van der Waals surface area (Å²) in [6, 6.07) is 7.34. The highest BCUT2D eigenvalue weighted by Crippen LogP contribution is 2.29. The zero-order valence-electron chi connectivity index (χ0n) is 18.4. The van der Waals surface area contributed by atoms with Crippen LogP contribution in [0, 0.1) is 11.8 Å². The number of nitrogens with one attached hydrogen (secondary N) is 1. The number of carbonyl (C=O) groups is 3. The van der Waals surface area contributed by atoms with Crippen LogP contribution >= 0.6 is 0 Å². The van der Waals surface area contributed by atoms with Crippen molar-refractivity contribution >= 4 is 23.4 Å². The quantitative estimate of drug-likeness (QED) is 0.802. The first-order valence-corrected chi connectivity index (χ1v) is 10.8. The number of rotatable bonds is 5. The highest BCUT2D eigenvalue weighted by atomic mass is 16.5. The van der Waals surface area contributed by atoms with Crippen molar-refractivity contribution in [2.75, 3.05) is 31.6 Å². The molecule has 1 N–H and O–H groups in total. The van der Waals surface area contributed by atoms with Crippen molar-refractivity contribution in [2.24, 2.45) is 11.8 Å². The maximum atomic E-state index is 12.9. The van der Waals surface area contributed by atoms with Gasteiger partial charge in [0.15, 0.2) is 0 Å². The zero-order chi connectivity index (χ0) is 21.9. The standard InChI is InChI=1S/C23H33N3O4/c1-5-30-19-8-6-18(7-9-19)24-21(28)16-10-12-25(13-11-16)22(29)17-14-20(27)26(15-17)23(2,3)4/h6-9,16-17H,5,10-15H2,1-4H3,(H,24,28). The number of carbonyl (C=O) groups excluding carboxylic acids is 3. The lowest BCUT2D eigenvalue weighted by molar-refractivity contribution is -0.138. The summed E-state index contributed by atoms with van der Waals surface area (Å²) in [7, 11) is 0. The average molecular weight is 416 g/mol. The molecular weight excluding hydrogens is 382 g/mol. The van der Waals surface area contributed by atoms with E-state index in [9.17, 15) is 14.4 Å². The van der Waals surface area contributed by atoms with Gasteiger partial charge < -0.3 is 19.9 Å². The first-order chi connectivity index (χ1) is 14.2. The van der Waals surface area contributed by atoms with Crippen molar-refractivity contribution in [2.45, 2.75) is 52.5 Å². The fourth-order valence-electron chi connectivity index (χ4n) is 4.19. The number of piperidine rings is 1. The number of hydrogen-bond acceptors (Lipinski definition) is 4. The third-order valence-corrected chi connectivity index (χ3v) is 5.89. The van der Waals surface area contributed by atoms with E-state index >= 15 is 0 Å². The zero-order valence-corrected chi connectivity index (χ0v) is 18.4. The highest BCUT2D eigenvalue weighted by Gasteiger charge is 2.41. The Bertz CT molecular complexity index is 777. The van der Waals surface area contributed by atoms with Crippen LogP contribution in [0.4, 0.5) is 5.69 Å². The van der Waals surface area contributed by atoms with Crippen molar-refractivity contribution in [1.82, 2.24) is 9.80 Å². The number of likely N-dealkylation sites (tertiary alicyclic amines) is 2. The molecule has 3 amide bonds. The second kappa shape index (κ2) is 9.06. The minimum Gasteiger partial charge on any atom is -0.494 e. The predicted molar refractivity (Wildman–Crippen MR) is 115 cm³/mol. The summed E-state index contributed by atoms with van der Waals surface area (Å²) in [4.78, 5) is 41.4. The van der Waals surface area contributed by atoms with Crippen LogP contribution in [0.2, 0.25) is 0 Å². The molecule has 0 radical (unpaired) electrons. The van der Waals surface area contributed by atoms with Crippen molar-refractivity contribution in [3.63, 3.8) is 0 Å². The Balaban J connectivity index is 1.49. The maximum Gasteiger partial charge on any atom is 0.227 e. The normalized spacial score (nSPS) is 20.4. The molecule has 1 aromatic carbocycles. The molecule has 2 aliphatic heterocycles. The third-order valence-electron chi connectivity index (χ3n) is 5.89. The molecule has 30 heavy (non-hydrogen) atoms. The molecule has 2 aliphatic rings. The molecule has 0 aromatic heterocycles. The van der Waals surface area contributed by atoms with Crippen LogP contribution in [-0.4, -0.2) is 59.3 Å². The Hall–Kier alpha value is -2.57. The Morgan fingerprint density at radius 3 is 2.27 bits per heavy atom. The SMILES string of the molecule is CCOc1ccc(NC(=O)C2CCN(C(=O)C3CC(=O)N(C(C)(C)C)C3)CC2)cc1. The lowest BCUT2D eigenvalue weighted by Crippen LogP contribution is -2.46. The fraction of sp³-hybridized carbons (Fsp3) is 0.609. The number of nitrogens with zero attached hydrogens (tertiary/aromatic N) is 2. The van der Waals surface area contributed by atoms with Gasteiger partial charge in [-0.05, 0) is 64.8 Å². The molecule has 0 bridgehead atoms. The lowest BCUT2D eigenvalue weighted by Gasteiger charge is -2.34. The minimum absolute atomic E-state index is 0.0128. The summed E-state index contributed by atoms with van der Waals surface area (Å²) in [5.74, 6) is 0.466. The molecule has 1 unspecified atom stereocenters. The molecule has 2 saturated heterocycles. The molecule has 0 saturated carbocycles. The largest absolute Gasteiger partial charge is 0.494 e. The van der Waals surface area contributed by atoms with E-state index in [2.05, 4.69) is 5.32 Å². The van der Waals surface area contributed by atoms with Crippen molar-refractivity contribution in [3.05, 3.63) is 24.3 Å². The van der Waals surface area contributed by atoms with Gasteiger partial charge in [-0.25, -0.2) is 0 Å². The van der Waals surface area contributed by atoms with Gasteiger partial charge >= 0.3 is 0 Å². The molecular formula is C23H33N3O4. The van der Waals surface area contributed by atoms with E-state index < -0.39 is 0 Å². The topological polar surface area (TPSA) is 79.0 Å². The molecule has 0 aliphatic carbocycles. The number of amides is 3. The maximum absolute atomic E-state index is 12.9. The van der Waals surface area contributed by atoms with Gasteiger partial charge in [-0.3, -0.25) is 14.4 Å². The van der Waals surface area contributed by atoms with Crippen molar-refractivity contribution < 1.29 is 19.1 Å². The first kappa shape index (κ1) is 22.1. The molecule has 2 heterocycles. The van der Waals surface area contributed by atoms with Crippen LogP contribution in [0.25, 0.3) is 0 Å². The van der Waals surface area contributed by atoms with E-state index in [-0.39, 0.29) is 41.5 Å². The Labute approximate surface area is 178 Å². The predicted octanol–water partition coefficient (Wildman–Crippen LogP) is 2.91. The van der Waals surface area contributed by atoms with Gasteiger partial charge in [0, 0.05) is 43.2 Å². The van der Waals surface area contributed by atoms with Gasteiger partial charge in [0.2, 0.25) is 17.7 Å². The van der Waals surface area contributed by atoms with Gasteiger partial charge in [0.25, 0.3) is 0 Å². The van der Waals surface area contributed by atoms with Crippen LogP contribution in [-0.2, 0) is 14.4 Å². The van der Waals surface area contributed by atoms with Crippen molar-refractivity contribution in [1.29, 1.82) is 0 Å². The van der Waals surface area contributed by atoms with Crippen molar-refractivity contribution in [3.8, 4) is 5.75 Å². The third kappa shape index (κ3) is 5.12. The molecule has 164 valence electrons. The Morgan fingerprint density at radius 2 is 1.73 bits per heavy atom. The molecule has 2 fully saturated rings. The molecule has 3 rings (SSSR count). The summed E-state index contributed by atoms with van der Waals surface area (Å²) < 4.78 is 5.42. The Kier molecular flexibility index (Phi) is 6.68. The lowest BCUT2D eigenvalue weighted by atomic mass is 9.94. The van der Waals surface area contributed by atoms with Gasteiger partial charge in [0.1, 0.15) is 5.75 Å². The van der Waals surface area contributed by atoms with E-state index in [4.69, 9.17) is 4.74 Å². The molecule has 1 aromatic rings. The van der Waals surface area contributed by atoms with E-state index in [1.54, 1.807) is 4.90 Å². The van der Waals surface area contributed by atoms with Crippen LogP contribution in [0.1, 0.15) is 47.0 Å². The summed E-state index contributed by atoms with van der Waals surface area (Å²) in [5, 5.41) is 2.96. The van der Waals surface area contributed by atoms with Crippen LogP contribution < -0.4 is 10.1 Å². The molecule has 0 spiro atoms. The minimum atomic E-state index is -0.272. The smallest absolute Gasteiger partial charge is 0.227 e. The molecule has 7 heteroatoms. The van der Waals surface area contributed by atoms with Crippen LogP contribution in [0.3, 0.4) is 0 Å². The monoisotopic (exact) mass is 415 g/mol. The van der Waals surface area contributed by atoms with E-state index in [0.29, 0.717) is 39.1 Å². The van der Waals surface area contributed by atoms with E-state index in [0.717, 1.165) is 11.4 Å². The first-order valence-electron chi connectivity index (χ1n) is 10.8. The Morgan fingerprint density at radius 1 is 1.10 bits per heavy atom. The highest BCUT2D eigenvalue weighted by molar-refractivity contribution is 5.93.